The summed E-state index contributed by atoms with van der Waals surface area (Å²) in [6.45, 7) is 1.59. The van der Waals surface area contributed by atoms with Gasteiger partial charge in [-0.1, -0.05) is 48.0 Å². The quantitative estimate of drug-likeness (QED) is 0.577. The normalized spacial score (nSPS) is 15.1. The van der Waals surface area contributed by atoms with E-state index in [0.717, 1.165) is 38.0 Å². The summed E-state index contributed by atoms with van der Waals surface area (Å²) in [6, 6.07) is 21.1. The topological polar surface area (TPSA) is 61.4 Å². The summed E-state index contributed by atoms with van der Waals surface area (Å²) in [6.07, 6.45) is 2.97. The zero-order chi connectivity index (χ0) is 22.1. The number of nitrogens with zero attached hydrogens (tertiary/aromatic N) is 1. The molecule has 5 rings (SSSR count). The summed E-state index contributed by atoms with van der Waals surface area (Å²) in [5, 5.41) is 6.37. The molecule has 0 saturated heterocycles. The summed E-state index contributed by atoms with van der Waals surface area (Å²) in [5.74, 6) is -0.404. The van der Waals surface area contributed by atoms with Gasteiger partial charge in [-0.2, -0.15) is 0 Å². The Morgan fingerprint density at radius 2 is 1.62 bits per heavy atom. The first-order valence-corrected chi connectivity index (χ1v) is 11.3. The highest BCUT2D eigenvalue weighted by atomic mass is 35.5. The second-order valence-corrected chi connectivity index (χ2v) is 8.76. The van der Waals surface area contributed by atoms with Gasteiger partial charge in [0.25, 0.3) is 11.8 Å². The summed E-state index contributed by atoms with van der Waals surface area (Å²) < 4.78 is 0. The molecular formula is C26H24ClN3O2. The summed E-state index contributed by atoms with van der Waals surface area (Å²) >= 11 is 6.17. The lowest BCUT2D eigenvalue weighted by atomic mass is 9.98. The highest BCUT2D eigenvalue weighted by molar-refractivity contribution is 6.34. The molecule has 0 atom stereocenters. The van der Waals surface area contributed by atoms with Crippen molar-refractivity contribution in [2.45, 2.75) is 31.8 Å². The molecule has 0 bridgehead atoms. The van der Waals surface area contributed by atoms with Crippen LogP contribution >= 0.6 is 11.6 Å². The fourth-order valence-electron chi connectivity index (χ4n) is 4.11. The van der Waals surface area contributed by atoms with Crippen LogP contribution in [0.15, 0.2) is 66.7 Å². The first kappa shape index (κ1) is 20.6. The van der Waals surface area contributed by atoms with E-state index >= 15 is 0 Å². The van der Waals surface area contributed by atoms with Gasteiger partial charge in [-0.05, 0) is 60.7 Å². The number of halogens is 1. The average Bonchev–Trinajstić information content (AvgIpc) is 3.63. The Morgan fingerprint density at radius 3 is 2.41 bits per heavy atom. The molecule has 1 fully saturated rings. The maximum Gasteiger partial charge on any atom is 0.257 e. The molecule has 1 aliphatic carbocycles. The number of rotatable bonds is 5. The van der Waals surface area contributed by atoms with Gasteiger partial charge in [0.05, 0.1) is 16.1 Å². The maximum absolute atomic E-state index is 13.1. The van der Waals surface area contributed by atoms with Crippen LogP contribution in [0.4, 0.5) is 11.4 Å². The number of carbonyl (C=O) groups excluding carboxylic acids is 2. The van der Waals surface area contributed by atoms with E-state index in [1.807, 2.05) is 12.1 Å². The number of hydrogen-bond acceptors (Lipinski definition) is 3. The van der Waals surface area contributed by atoms with Crippen molar-refractivity contribution < 1.29 is 9.59 Å². The number of fused-ring (bicyclic) bond motifs is 1. The highest BCUT2D eigenvalue weighted by Crippen LogP contribution is 2.31. The largest absolute Gasteiger partial charge is 0.366 e. The molecule has 5 nitrogen and oxygen atoms in total. The SMILES string of the molecule is O=C(Nc1ccc(N2CCc3ccccc3C2)c(C(=O)NC2CC2)c1)c1ccccc1Cl. The molecule has 6 heteroatoms. The molecule has 32 heavy (non-hydrogen) atoms. The molecule has 1 aliphatic heterocycles. The fourth-order valence-corrected chi connectivity index (χ4v) is 4.33. The van der Waals surface area contributed by atoms with Crippen molar-refractivity contribution in [2.24, 2.45) is 0 Å². The molecular weight excluding hydrogens is 422 g/mol. The average molecular weight is 446 g/mol. The number of nitrogens with one attached hydrogen (secondary N) is 2. The lowest BCUT2D eigenvalue weighted by molar-refractivity contribution is 0.0950. The van der Waals surface area contributed by atoms with Crippen molar-refractivity contribution in [3.8, 4) is 0 Å². The molecule has 2 amide bonds. The second kappa shape index (κ2) is 8.67. The molecule has 3 aromatic rings. The van der Waals surface area contributed by atoms with Crippen molar-refractivity contribution >= 4 is 34.8 Å². The van der Waals surface area contributed by atoms with Crippen LogP contribution in [-0.4, -0.2) is 24.4 Å². The van der Waals surface area contributed by atoms with E-state index in [1.54, 1.807) is 30.3 Å². The van der Waals surface area contributed by atoms with Crippen molar-refractivity contribution in [1.82, 2.24) is 5.32 Å². The number of amides is 2. The highest BCUT2D eigenvalue weighted by Gasteiger charge is 2.27. The molecule has 0 unspecified atom stereocenters. The van der Waals surface area contributed by atoms with Crippen LogP contribution in [0, 0.1) is 0 Å². The van der Waals surface area contributed by atoms with Crippen LogP contribution in [-0.2, 0) is 13.0 Å². The minimum absolute atomic E-state index is 0.102. The van der Waals surface area contributed by atoms with Crippen molar-refractivity contribution in [3.63, 3.8) is 0 Å². The summed E-state index contributed by atoms with van der Waals surface area (Å²) in [7, 11) is 0. The van der Waals surface area contributed by atoms with Gasteiger partial charge in [-0.15, -0.1) is 0 Å². The lowest BCUT2D eigenvalue weighted by Gasteiger charge is -2.32. The minimum atomic E-state index is -0.302. The second-order valence-electron chi connectivity index (χ2n) is 8.35. The molecule has 0 radical (unpaired) electrons. The van der Waals surface area contributed by atoms with Crippen LogP contribution in [0.3, 0.4) is 0 Å². The van der Waals surface area contributed by atoms with Gasteiger partial charge in [0.1, 0.15) is 0 Å². The van der Waals surface area contributed by atoms with Crippen LogP contribution in [0.5, 0.6) is 0 Å². The molecule has 2 aliphatic rings. The van der Waals surface area contributed by atoms with Crippen molar-refractivity contribution in [3.05, 3.63) is 94.0 Å². The predicted molar refractivity (Wildman–Crippen MR) is 128 cm³/mol. The number of hydrogen-bond donors (Lipinski definition) is 2. The lowest BCUT2D eigenvalue weighted by Crippen LogP contribution is -2.33. The minimum Gasteiger partial charge on any atom is -0.366 e. The van der Waals surface area contributed by atoms with Crippen LogP contribution in [0.1, 0.15) is 44.7 Å². The van der Waals surface area contributed by atoms with E-state index in [9.17, 15) is 9.59 Å². The Labute approximate surface area is 192 Å². The zero-order valence-corrected chi connectivity index (χ0v) is 18.4. The molecule has 2 N–H and O–H groups in total. The summed E-state index contributed by atoms with van der Waals surface area (Å²) in [5.41, 5.74) is 5.06. The van der Waals surface area contributed by atoms with E-state index in [2.05, 4.69) is 39.8 Å². The van der Waals surface area contributed by atoms with Gasteiger partial charge < -0.3 is 15.5 Å². The maximum atomic E-state index is 13.1. The van der Waals surface area contributed by atoms with Crippen molar-refractivity contribution in [2.75, 3.05) is 16.8 Å². The molecule has 0 spiro atoms. The van der Waals surface area contributed by atoms with Crippen LogP contribution < -0.4 is 15.5 Å². The van der Waals surface area contributed by atoms with Crippen LogP contribution in [0.25, 0.3) is 0 Å². The van der Waals surface area contributed by atoms with Crippen LogP contribution in [0.2, 0.25) is 5.02 Å². The molecule has 162 valence electrons. The monoisotopic (exact) mass is 445 g/mol. The van der Waals surface area contributed by atoms with Gasteiger partial charge in [-0.25, -0.2) is 0 Å². The van der Waals surface area contributed by atoms with Gasteiger partial charge in [-0.3, -0.25) is 9.59 Å². The van der Waals surface area contributed by atoms with E-state index in [-0.39, 0.29) is 17.9 Å². The first-order valence-electron chi connectivity index (χ1n) is 10.9. The van der Waals surface area contributed by atoms with Crippen molar-refractivity contribution in [1.29, 1.82) is 0 Å². The van der Waals surface area contributed by atoms with E-state index in [0.29, 0.717) is 21.8 Å². The first-order chi connectivity index (χ1) is 15.6. The Hall–Kier alpha value is -3.31. The Bertz CT molecular complexity index is 1190. The molecule has 3 aromatic carbocycles. The Balaban J connectivity index is 1.44. The molecule has 1 saturated carbocycles. The van der Waals surface area contributed by atoms with Gasteiger partial charge in [0, 0.05) is 30.5 Å². The Morgan fingerprint density at radius 1 is 0.875 bits per heavy atom. The third kappa shape index (κ3) is 4.34. The number of carbonyl (C=O) groups is 2. The van der Waals surface area contributed by atoms with Gasteiger partial charge >= 0.3 is 0 Å². The molecule has 0 aromatic heterocycles. The summed E-state index contributed by atoms with van der Waals surface area (Å²) in [4.78, 5) is 28.1. The van der Waals surface area contributed by atoms with Gasteiger partial charge in [0.2, 0.25) is 0 Å². The number of anilines is 2. The molecule has 1 heterocycles. The predicted octanol–water partition coefficient (Wildman–Crippen LogP) is 5.05. The number of benzene rings is 3. The van der Waals surface area contributed by atoms with E-state index < -0.39 is 0 Å². The Kier molecular flexibility index (Phi) is 5.58. The zero-order valence-electron chi connectivity index (χ0n) is 17.6. The fraction of sp³-hybridized carbons (Fsp3) is 0.231. The smallest absolute Gasteiger partial charge is 0.257 e. The van der Waals surface area contributed by atoms with E-state index in [4.69, 9.17) is 11.6 Å². The third-order valence-corrected chi connectivity index (χ3v) is 6.33. The van der Waals surface area contributed by atoms with Gasteiger partial charge in [0.15, 0.2) is 0 Å². The standard InChI is InChI=1S/C26H24ClN3O2/c27-23-8-4-3-7-21(23)25(31)29-20-11-12-24(22(15-20)26(32)28-19-9-10-19)30-14-13-17-5-1-2-6-18(17)16-30/h1-8,11-12,15,19H,9-10,13-14,16H2,(H,28,32)(H,29,31). The third-order valence-electron chi connectivity index (χ3n) is 6.00. The van der Waals surface area contributed by atoms with E-state index in [1.165, 1.54) is 11.1 Å².